The Bertz CT molecular complexity index is 887. The first-order valence-corrected chi connectivity index (χ1v) is 8.53. The number of carbonyl (C=O) groups is 1. The van der Waals surface area contributed by atoms with E-state index in [1.807, 2.05) is 30.1 Å². The molecule has 1 aromatic carbocycles. The van der Waals surface area contributed by atoms with Gasteiger partial charge in [0.2, 0.25) is 0 Å². The average Bonchev–Trinajstić information content (AvgIpc) is 3.17. The van der Waals surface area contributed by atoms with E-state index in [0.717, 1.165) is 25.0 Å². The first kappa shape index (κ1) is 15.6. The van der Waals surface area contributed by atoms with E-state index >= 15 is 0 Å². The number of benzene rings is 1. The first-order valence-electron chi connectivity index (χ1n) is 8.53. The Hall–Kier alpha value is -2.95. The van der Waals surface area contributed by atoms with Crippen LogP contribution in [0.1, 0.15) is 27.9 Å². The van der Waals surface area contributed by atoms with Gasteiger partial charge in [-0.25, -0.2) is 0 Å². The van der Waals surface area contributed by atoms with E-state index in [1.165, 1.54) is 11.1 Å². The van der Waals surface area contributed by atoms with Crippen LogP contribution in [0.5, 0.6) is 0 Å². The lowest BCUT2D eigenvalue weighted by molar-refractivity contribution is 0.0719. The van der Waals surface area contributed by atoms with E-state index in [4.69, 9.17) is 0 Å². The molecule has 3 aromatic rings. The number of H-pyrrole nitrogens is 1. The van der Waals surface area contributed by atoms with Gasteiger partial charge in [-0.05, 0) is 42.5 Å². The van der Waals surface area contributed by atoms with Gasteiger partial charge in [0.1, 0.15) is 0 Å². The zero-order valence-corrected chi connectivity index (χ0v) is 14.1. The van der Waals surface area contributed by atoms with Crippen LogP contribution in [-0.2, 0) is 12.8 Å². The average molecular weight is 332 g/mol. The number of aromatic amines is 1. The normalized spacial score (nSPS) is 16.3. The van der Waals surface area contributed by atoms with Crippen molar-refractivity contribution < 1.29 is 4.79 Å². The number of aryl methyl sites for hydroxylation is 1. The molecule has 0 radical (unpaired) electrons. The molecule has 5 heteroatoms. The number of nitrogens with zero attached hydrogens (tertiary/aromatic N) is 3. The van der Waals surface area contributed by atoms with Gasteiger partial charge in [0.05, 0.1) is 23.1 Å². The van der Waals surface area contributed by atoms with Gasteiger partial charge >= 0.3 is 0 Å². The molecule has 0 saturated heterocycles. The number of nitrogens with one attached hydrogen (secondary N) is 1. The number of amides is 1. The number of rotatable bonds is 3. The highest BCUT2D eigenvalue weighted by Crippen LogP contribution is 2.26. The Morgan fingerprint density at radius 3 is 2.76 bits per heavy atom. The van der Waals surface area contributed by atoms with Crippen molar-refractivity contribution >= 4 is 5.91 Å². The van der Waals surface area contributed by atoms with Gasteiger partial charge in [-0.15, -0.1) is 0 Å². The van der Waals surface area contributed by atoms with Crippen molar-refractivity contribution in [2.45, 2.75) is 25.3 Å². The van der Waals surface area contributed by atoms with Gasteiger partial charge in [0.25, 0.3) is 5.91 Å². The third-order valence-corrected chi connectivity index (χ3v) is 4.98. The lowest BCUT2D eigenvalue weighted by atomic mass is 9.87. The van der Waals surface area contributed by atoms with Crippen LogP contribution in [-0.4, -0.2) is 39.1 Å². The smallest absolute Gasteiger partial charge is 0.257 e. The van der Waals surface area contributed by atoms with Gasteiger partial charge in [-0.2, -0.15) is 5.10 Å². The summed E-state index contributed by atoms with van der Waals surface area (Å²) in [4.78, 5) is 19.2. The maximum Gasteiger partial charge on any atom is 0.257 e. The molecule has 5 nitrogen and oxygen atoms in total. The molecule has 0 aliphatic heterocycles. The fourth-order valence-electron chi connectivity index (χ4n) is 3.52. The largest absolute Gasteiger partial charge is 0.338 e. The van der Waals surface area contributed by atoms with Crippen molar-refractivity contribution in [1.29, 1.82) is 0 Å². The molecule has 0 fully saturated rings. The van der Waals surface area contributed by atoms with Crippen LogP contribution in [0.25, 0.3) is 11.4 Å². The molecule has 2 heterocycles. The van der Waals surface area contributed by atoms with E-state index in [-0.39, 0.29) is 11.9 Å². The molecule has 1 atom stereocenters. The Kier molecular flexibility index (Phi) is 4.06. The highest BCUT2D eigenvalue weighted by atomic mass is 16.2. The number of carbonyl (C=O) groups excluding carboxylic acids is 1. The van der Waals surface area contributed by atoms with Crippen molar-refractivity contribution in [2.75, 3.05) is 7.05 Å². The summed E-state index contributed by atoms with van der Waals surface area (Å²) in [6.45, 7) is 0. The van der Waals surface area contributed by atoms with Gasteiger partial charge in [-0.1, -0.05) is 30.3 Å². The number of pyridine rings is 1. The minimum atomic E-state index is -0.0150. The van der Waals surface area contributed by atoms with E-state index in [9.17, 15) is 4.79 Å². The second kappa shape index (κ2) is 6.51. The summed E-state index contributed by atoms with van der Waals surface area (Å²) < 4.78 is 0. The van der Waals surface area contributed by atoms with Crippen LogP contribution in [0.2, 0.25) is 0 Å². The molecule has 25 heavy (non-hydrogen) atoms. The van der Waals surface area contributed by atoms with Gasteiger partial charge in [0.15, 0.2) is 0 Å². The number of hydrogen-bond acceptors (Lipinski definition) is 3. The molecular formula is C20H20N4O. The summed E-state index contributed by atoms with van der Waals surface area (Å²) in [6.07, 6.45) is 6.20. The van der Waals surface area contributed by atoms with Crippen molar-refractivity contribution in [3.05, 3.63) is 71.5 Å². The van der Waals surface area contributed by atoms with E-state index < -0.39 is 0 Å². The fraction of sp³-hybridized carbons (Fsp3) is 0.250. The molecule has 1 aliphatic carbocycles. The molecule has 0 saturated carbocycles. The molecule has 2 aromatic heterocycles. The van der Waals surface area contributed by atoms with Crippen molar-refractivity contribution in [3.8, 4) is 11.4 Å². The molecule has 0 spiro atoms. The van der Waals surface area contributed by atoms with E-state index in [0.29, 0.717) is 11.3 Å². The quantitative estimate of drug-likeness (QED) is 0.802. The molecule has 1 unspecified atom stereocenters. The topological polar surface area (TPSA) is 61.9 Å². The minimum absolute atomic E-state index is 0.0150. The van der Waals surface area contributed by atoms with Crippen LogP contribution in [0, 0.1) is 0 Å². The van der Waals surface area contributed by atoms with Crippen LogP contribution >= 0.6 is 0 Å². The van der Waals surface area contributed by atoms with Gasteiger partial charge in [0, 0.05) is 19.3 Å². The standard InChI is InChI=1S/C20H20N4O/c1-24(16-10-9-14-6-2-3-7-15(14)12-16)20(25)17-13-22-23-19(17)18-8-4-5-11-21-18/h2-8,11,13,16H,9-10,12H2,1H3,(H,22,23). The number of likely N-dealkylation sites (N-methyl/N-ethyl adjacent to an activating group) is 1. The van der Waals surface area contributed by atoms with Crippen LogP contribution in [0.3, 0.4) is 0 Å². The maximum atomic E-state index is 13.0. The highest BCUT2D eigenvalue weighted by molar-refractivity contribution is 5.99. The Morgan fingerprint density at radius 1 is 1.16 bits per heavy atom. The van der Waals surface area contributed by atoms with Crippen LogP contribution < -0.4 is 0 Å². The monoisotopic (exact) mass is 332 g/mol. The lowest BCUT2D eigenvalue weighted by Gasteiger charge is -2.32. The molecule has 1 aliphatic rings. The molecule has 1 amide bonds. The summed E-state index contributed by atoms with van der Waals surface area (Å²) in [7, 11) is 1.89. The first-order chi connectivity index (χ1) is 12.2. The Balaban J connectivity index is 1.57. The number of hydrogen-bond donors (Lipinski definition) is 1. The predicted molar refractivity (Wildman–Crippen MR) is 96.2 cm³/mol. The summed E-state index contributed by atoms with van der Waals surface area (Å²) >= 11 is 0. The number of aromatic nitrogens is 3. The van der Waals surface area contributed by atoms with Crippen molar-refractivity contribution in [1.82, 2.24) is 20.1 Å². The molecule has 1 N–H and O–H groups in total. The molecule has 0 bridgehead atoms. The minimum Gasteiger partial charge on any atom is -0.338 e. The summed E-state index contributed by atoms with van der Waals surface area (Å²) in [5.41, 5.74) is 4.71. The summed E-state index contributed by atoms with van der Waals surface area (Å²) in [5, 5.41) is 6.99. The molecule has 4 rings (SSSR count). The fourth-order valence-corrected chi connectivity index (χ4v) is 3.52. The van der Waals surface area contributed by atoms with Crippen molar-refractivity contribution in [2.24, 2.45) is 0 Å². The second-order valence-corrected chi connectivity index (χ2v) is 6.46. The zero-order valence-electron chi connectivity index (χ0n) is 14.1. The maximum absolute atomic E-state index is 13.0. The van der Waals surface area contributed by atoms with E-state index in [1.54, 1.807) is 12.4 Å². The molecule has 126 valence electrons. The van der Waals surface area contributed by atoms with Gasteiger partial charge in [-0.3, -0.25) is 14.9 Å². The van der Waals surface area contributed by atoms with Crippen molar-refractivity contribution in [3.63, 3.8) is 0 Å². The number of fused-ring (bicyclic) bond motifs is 1. The third-order valence-electron chi connectivity index (χ3n) is 4.98. The second-order valence-electron chi connectivity index (χ2n) is 6.46. The third kappa shape index (κ3) is 2.93. The lowest BCUT2D eigenvalue weighted by Crippen LogP contribution is -2.40. The van der Waals surface area contributed by atoms with Gasteiger partial charge < -0.3 is 4.90 Å². The SMILES string of the molecule is CN(C(=O)c1cn[nH]c1-c1ccccn1)C1CCc2ccccc2C1. The Morgan fingerprint density at radius 2 is 1.96 bits per heavy atom. The summed E-state index contributed by atoms with van der Waals surface area (Å²) in [5.74, 6) is -0.0150. The zero-order chi connectivity index (χ0) is 17.2. The highest BCUT2D eigenvalue weighted by Gasteiger charge is 2.27. The molecular weight excluding hydrogens is 312 g/mol. The Labute approximate surface area is 146 Å². The predicted octanol–water partition coefficient (Wildman–Crippen LogP) is 3.10. The van der Waals surface area contributed by atoms with Crippen LogP contribution in [0.4, 0.5) is 0 Å². The van der Waals surface area contributed by atoms with E-state index in [2.05, 4.69) is 39.4 Å². The summed E-state index contributed by atoms with van der Waals surface area (Å²) in [6, 6.07) is 14.3. The van der Waals surface area contributed by atoms with Crippen LogP contribution in [0.15, 0.2) is 54.9 Å².